The number of aliphatic hydroxyl groups excluding tert-OH is 2. The minimum atomic E-state index is -1.30. The topological polar surface area (TPSA) is 137 Å². The molecule has 0 heterocycles. The Morgan fingerprint density at radius 2 is 2.18 bits per heavy atom. The van der Waals surface area contributed by atoms with E-state index < -0.39 is 30.7 Å². The number of hydrogen-bond acceptors (Lipinski definition) is 7. The Hall–Kier alpha value is -1.36. The van der Waals surface area contributed by atoms with Crippen molar-refractivity contribution in [1.29, 1.82) is 5.26 Å². The predicted octanol–water partition coefficient (Wildman–Crippen LogP) is -0.689. The van der Waals surface area contributed by atoms with Crippen LogP contribution in [0.4, 0.5) is 0 Å². The molecule has 0 aliphatic heterocycles. The molecule has 0 radical (unpaired) electrons. The third-order valence-corrected chi connectivity index (χ3v) is 2.52. The largest absolute Gasteiger partial charge is 0.394 e. The van der Waals surface area contributed by atoms with E-state index in [1.807, 2.05) is 0 Å². The molecule has 0 aliphatic carbocycles. The van der Waals surface area contributed by atoms with Crippen molar-refractivity contribution in [1.82, 2.24) is 0 Å². The molecule has 96 valence electrons. The van der Waals surface area contributed by atoms with Crippen LogP contribution < -0.4 is 5.73 Å². The number of nitriles is 1. The van der Waals surface area contributed by atoms with Gasteiger partial charge in [-0.3, -0.25) is 0 Å². The maximum atomic E-state index is 10.7. The number of nitrogens with zero attached hydrogens (tertiary/aromatic N) is 2. The molecule has 0 aromatic heterocycles. The second-order valence-electron chi connectivity index (χ2n) is 3.91. The lowest BCUT2D eigenvalue weighted by atomic mass is 9.89. The molecule has 17 heavy (non-hydrogen) atoms. The van der Waals surface area contributed by atoms with E-state index in [1.165, 1.54) is 6.92 Å². The van der Waals surface area contributed by atoms with E-state index in [4.69, 9.17) is 16.1 Å². The molecule has 4 N–H and O–H groups in total. The number of carbonyl (C=O) groups is 1. The van der Waals surface area contributed by atoms with E-state index in [1.54, 1.807) is 6.07 Å². The number of ketones is 1. The Morgan fingerprint density at radius 1 is 1.59 bits per heavy atom. The van der Waals surface area contributed by atoms with Gasteiger partial charge in [-0.1, -0.05) is 5.18 Å². The van der Waals surface area contributed by atoms with Crippen LogP contribution in [-0.2, 0) is 4.79 Å². The van der Waals surface area contributed by atoms with Gasteiger partial charge < -0.3 is 20.7 Å². The SMILES string of the molecule is CC(=O)CCC(N)C(O)C(C#N)C(CO)N=O. The van der Waals surface area contributed by atoms with Crippen molar-refractivity contribution in [2.75, 3.05) is 6.61 Å². The summed E-state index contributed by atoms with van der Waals surface area (Å²) >= 11 is 0. The molecule has 7 nitrogen and oxygen atoms in total. The van der Waals surface area contributed by atoms with E-state index in [0.717, 1.165) is 0 Å². The van der Waals surface area contributed by atoms with E-state index in [2.05, 4.69) is 5.18 Å². The van der Waals surface area contributed by atoms with Crippen molar-refractivity contribution < 1.29 is 15.0 Å². The zero-order chi connectivity index (χ0) is 13.4. The van der Waals surface area contributed by atoms with Crippen LogP contribution >= 0.6 is 0 Å². The minimum Gasteiger partial charge on any atom is -0.394 e. The summed E-state index contributed by atoms with van der Waals surface area (Å²) in [5.41, 5.74) is 5.61. The number of rotatable bonds is 8. The van der Waals surface area contributed by atoms with Gasteiger partial charge in [0.25, 0.3) is 0 Å². The van der Waals surface area contributed by atoms with Gasteiger partial charge in [-0.05, 0) is 13.3 Å². The summed E-state index contributed by atoms with van der Waals surface area (Å²) in [4.78, 5) is 21.1. The van der Waals surface area contributed by atoms with Crippen LogP contribution in [-0.4, -0.2) is 40.8 Å². The smallest absolute Gasteiger partial charge is 0.133 e. The third-order valence-electron chi connectivity index (χ3n) is 2.52. The zero-order valence-electron chi connectivity index (χ0n) is 9.61. The highest BCUT2D eigenvalue weighted by atomic mass is 16.3. The monoisotopic (exact) mass is 243 g/mol. The fourth-order valence-electron chi connectivity index (χ4n) is 1.41. The Morgan fingerprint density at radius 3 is 2.53 bits per heavy atom. The molecule has 0 bridgehead atoms. The molecule has 0 spiro atoms. The van der Waals surface area contributed by atoms with Gasteiger partial charge in [-0.15, -0.1) is 0 Å². The summed E-state index contributed by atoms with van der Waals surface area (Å²) in [6.45, 7) is 0.766. The van der Waals surface area contributed by atoms with Gasteiger partial charge in [0.05, 0.1) is 18.8 Å². The molecule has 4 unspecified atom stereocenters. The van der Waals surface area contributed by atoms with Crippen LogP contribution in [0.15, 0.2) is 5.18 Å². The van der Waals surface area contributed by atoms with Crippen LogP contribution in [0.5, 0.6) is 0 Å². The van der Waals surface area contributed by atoms with E-state index >= 15 is 0 Å². The van der Waals surface area contributed by atoms with E-state index in [-0.39, 0.29) is 18.6 Å². The number of Topliss-reactive ketones (excluding diaryl/α,β-unsaturated/α-hetero) is 1. The zero-order valence-corrected chi connectivity index (χ0v) is 9.61. The first-order valence-electron chi connectivity index (χ1n) is 5.23. The summed E-state index contributed by atoms with van der Waals surface area (Å²) in [5, 5.41) is 30.0. The van der Waals surface area contributed by atoms with Gasteiger partial charge in [-0.2, -0.15) is 10.2 Å². The third kappa shape index (κ3) is 4.99. The van der Waals surface area contributed by atoms with Crippen molar-refractivity contribution >= 4 is 5.78 Å². The van der Waals surface area contributed by atoms with Crippen molar-refractivity contribution in [3.8, 4) is 6.07 Å². The predicted molar refractivity (Wildman–Crippen MR) is 59.7 cm³/mol. The second kappa shape index (κ2) is 7.84. The summed E-state index contributed by atoms with van der Waals surface area (Å²) in [6, 6.07) is -0.312. The molecule has 0 aliphatic rings. The summed E-state index contributed by atoms with van der Waals surface area (Å²) in [7, 11) is 0. The first-order valence-corrected chi connectivity index (χ1v) is 5.23. The van der Waals surface area contributed by atoms with Crippen molar-refractivity contribution in [2.45, 2.75) is 38.0 Å². The molecule has 0 aromatic carbocycles. The molecule has 4 atom stereocenters. The lowest BCUT2D eigenvalue weighted by Gasteiger charge is -2.24. The Balaban J connectivity index is 4.52. The molecule has 0 rings (SSSR count). The highest BCUT2D eigenvalue weighted by molar-refractivity contribution is 5.75. The van der Waals surface area contributed by atoms with E-state index in [9.17, 15) is 14.8 Å². The molecular weight excluding hydrogens is 226 g/mol. The van der Waals surface area contributed by atoms with E-state index in [0.29, 0.717) is 0 Å². The number of aliphatic hydroxyl groups is 2. The Bertz CT molecular complexity index is 302. The number of nitrogens with two attached hydrogens (primary N) is 1. The van der Waals surface area contributed by atoms with Crippen LogP contribution in [0.25, 0.3) is 0 Å². The fourth-order valence-corrected chi connectivity index (χ4v) is 1.41. The molecule has 7 heteroatoms. The number of nitroso groups, excluding NO2 is 1. The Kier molecular flexibility index (Phi) is 7.21. The Labute approximate surface area is 99.2 Å². The summed E-state index contributed by atoms with van der Waals surface area (Å²) in [6.07, 6.45) is -0.894. The van der Waals surface area contributed by atoms with Crippen LogP contribution in [0.2, 0.25) is 0 Å². The molecule has 0 saturated heterocycles. The number of hydrogen-bond donors (Lipinski definition) is 3. The number of carbonyl (C=O) groups excluding carboxylic acids is 1. The molecule has 0 fully saturated rings. The molecule has 0 saturated carbocycles. The summed E-state index contributed by atoms with van der Waals surface area (Å²) in [5.74, 6) is -1.24. The van der Waals surface area contributed by atoms with Gasteiger partial charge >= 0.3 is 0 Å². The van der Waals surface area contributed by atoms with Gasteiger partial charge in [0.2, 0.25) is 0 Å². The lowest BCUT2D eigenvalue weighted by molar-refractivity contribution is -0.117. The van der Waals surface area contributed by atoms with Gasteiger partial charge in [0, 0.05) is 12.5 Å². The van der Waals surface area contributed by atoms with Crippen LogP contribution in [0.3, 0.4) is 0 Å². The standard InChI is InChI=1S/C10H17N3O4/c1-6(15)2-3-8(12)10(16)7(4-11)9(5-14)13-17/h7-10,14,16H,2-3,5,12H2,1H3. The minimum absolute atomic E-state index is 0.0756. The second-order valence-corrected chi connectivity index (χ2v) is 3.91. The van der Waals surface area contributed by atoms with Gasteiger partial charge in [0.1, 0.15) is 17.7 Å². The van der Waals surface area contributed by atoms with Gasteiger partial charge in [0.15, 0.2) is 0 Å². The first kappa shape index (κ1) is 15.6. The summed E-state index contributed by atoms with van der Waals surface area (Å²) < 4.78 is 0. The van der Waals surface area contributed by atoms with Gasteiger partial charge in [-0.25, -0.2) is 0 Å². The average Bonchev–Trinajstić information content (AvgIpc) is 2.31. The normalized spacial score (nSPS) is 17.6. The quantitative estimate of drug-likeness (QED) is 0.482. The average molecular weight is 243 g/mol. The van der Waals surface area contributed by atoms with Crippen LogP contribution in [0, 0.1) is 22.2 Å². The highest BCUT2D eigenvalue weighted by Crippen LogP contribution is 2.16. The molecular formula is C10H17N3O4. The first-order chi connectivity index (χ1) is 7.97. The van der Waals surface area contributed by atoms with Crippen molar-refractivity contribution in [2.24, 2.45) is 16.8 Å². The van der Waals surface area contributed by atoms with Crippen molar-refractivity contribution in [3.05, 3.63) is 4.91 Å². The molecule has 0 aromatic rings. The fraction of sp³-hybridized carbons (Fsp3) is 0.800. The van der Waals surface area contributed by atoms with Crippen LogP contribution in [0.1, 0.15) is 19.8 Å². The molecule has 0 amide bonds. The maximum absolute atomic E-state index is 10.7. The maximum Gasteiger partial charge on any atom is 0.133 e. The highest BCUT2D eigenvalue weighted by Gasteiger charge is 2.32. The lowest BCUT2D eigenvalue weighted by Crippen LogP contribution is -2.44. The van der Waals surface area contributed by atoms with Crippen molar-refractivity contribution in [3.63, 3.8) is 0 Å².